The maximum absolute atomic E-state index is 10.2. The van der Waals surface area contributed by atoms with E-state index in [0.717, 1.165) is 31.6 Å². The molecule has 0 spiro atoms. The number of β-amino-alcohol motifs (C(OH)–C–C–N with tert-alkyl or cyclic N) is 1. The lowest BCUT2D eigenvalue weighted by Gasteiger charge is -2.28. The molecular formula is C15H17NOS. The van der Waals surface area contributed by atoms with Crippen LogP contribution in [0.25, 0.3) is 0 Å². The molecule has 1 aliphatic heterocycles. The summed E-state index contributed by atoms with van der Waals surface area (Å²) in [4.78, 5) is 3.85. The SMILES string of the molecule is OC(CN1CCc2sccc2C1)c1ccccc1. The van der Waals surface area contributed by atoms with Gasteiger partial charge >= 0.3 is 0 Å². The second-order valence-electron chi connectivity index (χ2n) is 4.78. The van der Waals surface area contributed by atoms with Gasteiger partial charge < -0.3 is 5.11 Å². The van der Waals surface area contributed by atoms with E-state index in [1.165, 1.54) is 10.4 Å². The lowest BCUT2D eigenvalue weighted by molar-refractivity contribution is 0.106. The Morgan fingerprint density at radius 1 is 1.22 bits per heavy atom. The molecule has 0 bridgehead atoms. The molecule has 0 radical (unpaired) electrons. The normalized spacial score (nSPS) is 17.4. The van der Waals surface area contributed by atoms with Crippen LogP contribution in [0.4, 0.5) is 0 Å². The van der Waals surface area contributed by atoms with Gasteiger partial charge in [-0.2, -0.15) is 0 Å². The minimum Gasteiger partial charge on any atom is -0.387 e. The molecule has 3 heteroatoms. The van der Waals surface area contributed by atoms with E-state index < -0.39 is 0 Å². The van der Waals surface area contributed by atoms with Crippen molar-refractivity contribution in [2.45, 2.75) is 19.1 Å². The fourth-order valence-corrected chi connectivity index (χ4v) is 3.38. The van der Waals surface area contributed by atoms with Gasteiger partial charge in [0.25, 0.3) is 0 Å². The summed E-state index contributed by atoms with van der Waals surface area (Å²) in [5.74, 6) is 0. The molecule has 1 unspecified atom stereocenters. The summed E-state index contributed by atoms with van der Waals surface area (Å²) < 4.78 is 0. The Morgan fingerprint density at radius 2 is 2.06 bits per heavy atom. The fraction of sp³-hybridized carbons (Fsp3) is 0.333. The molecule has 18 heavy (non-hydrogen) atoms. The predicted molar refractivity (Wildman–Crippen MR) is 74.7 cm³/mol. The Hall–Kier alpha value is -1.16. The van der Waals surface area contributed by atoms with Crippen LogP contribution >= 0.6 is 11.3 Å². The molecule has 3 rings (SSSR count). The Bertz CT molecular complexity index is 508. The first-order chi connectivity index (χ1) is 8.83. The van der Waals surface area contributed by atoms with E-state index >= 15 is 0 Å². The van der Waals surface area contributed by atoms with Gasteiger partial charge in [-0.1, -0.05) is 30.3 Å². The summed E-state index contributed by atoms with van der Waals surface area (Å²) in [6.45, 7) is 2.75. The van der Waals surface area contributed by atoms with Gasteiger partial charge in [-0.15, -0.1) is 11.3 Å². The van der Waals surface area contributed by atoms with Gasteiger partial charge in [-0.05, 0) is 29.0 Å². The molecule has 2 nitrogen and oxygen atoms in total. The van der Waals surface area contributed by atoms with Crippen molar-refractivity contribution in [2.24, 2.45) is 0 Å². The van der Waals surface area contributed by atoms with Crippen molar-refractivity contribution in [1.82, 2.24) is 4.90 Å². The molecule has 1 atom stereocenters. The Balaban J connectivity index is 1.65. The van der Waals surface area contributed by atoms with Gasteiger partial charge in [0, 0.05) is 24.5 Å². The van der Waals surface area contributed by atoms with Crippen molar-refractivity contribution in [3.63, 3.8) is 0 Å². The number of hydrogen-bond acceptors (Lipinski definition) is 3. The number of rotatable bonds is 3. The first-order valence-corrected chi connectivity index (χ1v) is 7.21. The van der Waals surface area contributed by atoms with Crippen LogP contribution in [0.2, 0.25) is 0 Å². The molecule has 0 aliphatic carbocycles. The van der Waals surface area contributed by atoms with E-state index in [1.54, 1.807) is 0 Å². The van der Waals surface area contributed by atoms with Crippen LogP contribution in [0.3, 0.4) is 0 Å². The summed E-state index contributed by atoms with van der Waals surface area (Å²) in [5, 5.41) is 12.4. The minimum absolute atomic E-state index is 0.383. The van der Waals surface area contributed by atoms with Crippen molar-refractivity contribution in [1.29, 1.82) is 0 Å². The van der Waals surface area contributed by atoms with Crippen LogP contribution in [0, 0.1) is 0 Å². The zero-order valence-corrected chi connectivity index (χ0v) is 11.1. The van der Waals surface area contributed by atoms with E-state index in [2.05, 4.69) is 16.3 Å². The molecule has 1 aromatic heterocycles. The molecule has 0 amide bonds. The summed E-state index contributed by atoms with van der Waals surface area (Å²) >= 11 is 1.85. The topological polar surface area (TPSA) is 23.5 Å². The highest BCUT2D eigenvalue weighted by molar-refractivity contribution is 7.10. The number of aliphatic hydroxyl groups is 1. The van der Waals surface area contributed by atoms with Crippen molar-refractivity contribution in [3.8, 4) is 0 Å². The van der Waals surface area contributed by atoms with Gasteiger partial charge in [0.05, 0.1) is 6.10 Å². The monoisotopic (exact) mass is 259 g/mol. The second-order valence-corrected chi connectivity index (χ2v) is 5.78. The Labute approximate surface area is 112 Å². The highest BCUT2D eigenvalue weighted by Crippen LogP contribution is 2.25. The average Bonchev–Trinajstić information content (AvgIpc) is 2.87. The number of nitrogens with zero attached hydrogens (tertiary/aromatic N) is 1. The first kappa shape index (κ1) is 11.9. The Morgan fingerprint density at radius 3 is 2.89 bits per heavy atom. The quantitative estimate of drug-likeness (QED) is 0.916. The highest BCUT2D eigenvalue weighted by atomic mass is 32.1. The number of thiophene rings is 1. The van der Waals surface area contributed by atoms with Crippen LogP contribution in [-0.4, -0.2) is 23.1 Å². The number of aliphatic hydroxyl groups excluding tert-OH is 1. The van der Waals surface area contributed by atoms with E-state index in [9.17, 15) is 5.11 Å². The van der Waals surface area contributed by atoms with Crippen LogP contribution in [0.1, 0.15) is 22.1 Å². The Kier molecular flexibility index (Phi) is 3.46. The maximum atomic E-state index is 10.2. The lowest BCUT2D eigenvalue weighted by Crippen LogP contribution is -2.33. The first-order valence-electron chi connectivity index (χ1n) is 6.33. The highest BCUT2D eigenvalue weighted by Gasteiger charge is 2.19. The summed E-state index contributed by atoms with van der Waals surface area (Å²) in [6.07, 6.45) is 0.737. The third-order valence-electron chi connectivity index (χ3n) is 3.50. The fourth-order valence-electron chi connectivity index (χ4n) is 2.49. The summed E-state index contributed by atoms with van der Waals surface area (Å²) in [5.41, 5.74) is 2.44. The van der Waals surface area contributed by atoms with Crippen LogP contribution in [0.15, 0.2) is 41.8 Å². The van der Waals surface area contributed by atoms with Gasteiger partial charge in [0.15, 0.2) is 0 Å². The molecule has 1 aromatic carbocycles. The lowest BCUT2D eigenvalue weighted by atomic mass is 10.1. The molecule has 1 aliphatic rings. The molecule has 2 aromatic rings. The predicted octanol–water partition coefficient (Wildman–Crippen LogP) is 2.84. The summed E-state index contributed by atoms with van der Waals surface area (Å²) in [6, 6.07) is 12.1. The zero-order valence-electron chi connectivity index (χ0n) is 10.2. The second kappa shape index (κ2) is 5.22. The third kappa shape index (κ3) is 2.48. The van der Waals surface area contributed by atoms with Gasteiger partial charge in [-0.25, -0.2) is 0 Å². The number of fused-ring (bicyclic) bond motifs is 1. The van der Waals surface area contributed by atoms with E-state index in [0.29, 0.717) is 0 Å². The van der Waals surface area contributed by atoms with E-state index in [-0.39, 0.29) is 6.10 Å². The molecule has 0 saturated heterocycles. The van der Waals surface area contributed by atoms with Crippen LogP contribution in [0.5, 0.6) is 0 Å². The van der Waals surface area contributed by atoms with Crippen molar-refractivity contribution < 1.29 is 5.11 Å². The molecule has 1 N–H and O–H groups in total. The van der Waals surface area contributed by atoms with E-state index in [4.69, 9.17) is 0 Å². The van der Waals surface area contributed by atoms with Crippen LogP contribution in [-0.2, 0) is 13.0 Å². The van der Waals surface area contributed by atoms with Crippen molar-refractivity contribution in [3.05, 3.63) is 57.8 Å². The largest absolute Gasteiger partial charge is 0.387 e. The average molecular weight is 259 g/mol. The van der Waals surface area contributed by atoms with Gasteiger partial charge in [-0.3, -0.25) is 4.90 Å². The number of benzene rings is 1. The van der Waals surface area contributed by atoms with Crippen LogP contribution < -0.4 is 0 Å². The van der Waals surface area contributed by atoms with E-state index in [1.807, 2.05) is 41.7 Å². The molecule has 0 fully saturated rings. The molecule has 94 valence electrons. The molecule has 2 heterocycles. The minimum atomic E-state index is -0.383. The zero-order chi connectivity index (χ0) is 12.4. The van der Waals surface area contributed by atoms with Crippen molar-refractivity contribution >= 4 is 11.3 Å². The molecular weight excluding hydrogens is 242 g/mol. The standard InChI is InChI=1S/C15H17NOS/c17-14(12-4-2-1-3-5-12)11-16-8-6-15-13(10-16)7-9-18-15/h1-5,7,9,14,17H,6,8,10-11H2. The third-order valence-corrected chi connectivity index (χ3v) is 4.53. The smallest absolute Gasteiger partial charge is 0.0917 e. The van der Waals surface area contributed by atoms with Crippen molar-refractivity contribution in [2.75, 3.05) is 13.1 Å². The number of hydrogen-bond donors (Lipinski definition) is 1. The van der Waals surface area contributed by atoms with Gasteiger partial charge in [0.2, 0.25) is 0 Å². The summed E-state index contributed by atoms with van der Waals surface area (Å²) in [7, 11) is 0. The maximum Gasteiger partial charge on any atom is 0.0917 e. The molecule has 0 saturated carbocycles. The van der Waals surface area contributed by atoms with Gasteiger partial charge in [0.1, 0.15) is 0 Å².